The quantitative estimate of drug-likeness (QED) is 0.124. The first-order valence-corrected chi connectivity index (χ1v) is 23.9. The van der Waals surface area contributed by atoms with Crippen LogP contribution in [-0.4, -0.2) is 27.1 Å². The number of nitrogens with zero attached hydrogens (tertiary/aromatic N) is 6. The molecule has 0 radical (unpaired) electrons. The van der Waals surface area contributed by atoms with E-state index in [4.69, 9.17) is 0 Å². The maximum atomic E-state index is 2.59. The second kappa shape index (κ2) is 13.6. The average Bonchev–Trinajstić information content (AvgIpc) is 3.96. The number of hydrogen-bond donors (Lipinski definition) is 0. The van der Waals surface area contributed by atoms with E-state index in [9.17, 15) is 0 Å². The van der Waals surface area contributed by atoms with Gasteiger partial charge in [-0.1, -0.05) is 121 Å². The number of rotatable bonds is 4. The lowest BCUT2D eigenvalue weighted by atomic mass is 10.1. The van der Waals surface area contributed by atoms with Gasteiger partial charge in [0.15, 0.2) is 0 Å². The van der Waals surface area contributed by atoms with Gasteiger partial charge in [0.05, 0.1) is 66.2 Å². The van der Waals surface area contributed by atoms with Crippen molar-refractivity contribution in [3.63, 3.8) is 0 Å². The van der Waals surface area contributed by atoms with Crippen LogP contribution in [0.4, 0.5) is 0 Å². The van der Waals surface area contributed by atoms with E-state index in [-0.39, 0.29) is 0 Å². The van der Waals surface area contributed by atoms with Gasteiger partial charge < -0.3 is 18.1 Å². The topological polar surface area (TPSA) is 28.5 Å². The lowest BCUT2D eigenvalue weighted by Crippen LogP contribution is -2.12. The molecular formula is C58H36N6S2. The van der Waals surface area contributed by atoms with Crippen molar-refractivity contribution >= 4 is 119 Å². The first kappa shape index (κ1) is 36.1. The highest BCUT2D eigenvalue weighted by Crippen LogP contribution is 2.45. The number of thiophene rings is 2. The Morgan fingerprint density at radius 2 is 0.621 bits per heavy atom. The van der Waals surface area contributed by atoms with E-state index in [0.29, 0.717) is 0 Å². The van der Waals surface area contributed by atoms with Gasteiger partial charge in [0.1, 0.15) is 9.66 Å². The highest BCUT2D eigenvalue weighted by Gasteiger charge is 2.26. The van der Waals surface area contributed by atoms with E-state index in [2.05, 4.69) is 245 Å². The minimum Gasteiger partial charge on any atom is -0.306 e. The molecule has 0 saturated carbocycles. The third-order valence-electron chi connectivity index (χ3n) is 13.4. The molecule has 0 atom stereocenters. The monoisotopic (exact) mass is 880 g/mol. The second-order valence-electron chi connectivity index (χ2n) is 17.0. The molecule has 6 aromatic heterocycles. The summed E-state index contributed by atoms with van der Waals surface area (Å²) in [7, 11) is 0. The largest absolute Gasteiger partial charge is 0.306 e. The molecule has 6 heterocycles. The van der Waals surface area contributed by atoms with Gasteiger partial charge >= 0.3 is 0 Å². The number of benzene rings is 9. The van der Waals surface area contributed by atoms with Gasteiger partial charge in [0.25, 0.3) is 0 Å². The van der Waals surface area contributed by atoms with Crippen molar-refractivity contribution in [2.24, 2.45) is 0 Å². The van der Waals surface area contributed by atoms with Gasteiger partial charge in [-0.15, -0.1) is 22.7 Å². The van der Waals surface area contributed by atoms with E-state index in [1.165, 1.54) is 40.9 Å². The van der Waals surface area contributed by atoms with Crippen LogP contribution in [0.15, 0.2) is 218 Å². The zero-order chi connectivity index (χ0) is 43.0. The number of hydrogen-bond acceptors (Lipinski definition) is 2. The van der Waals surface area contributed by atoms with Crippen molar-refractivity contribution in [2.75, 3.05) is 0 Å². The summed E-state index contributed by atoms with van der Waals surface area (Å²) < 4.78 is 17.6. The summed E-state index contributed by atoms with van der Waals surface area (Å²) in [5.74, 6) is 0. The third-order valence-corrected chi connectivity index (χ3v) is 15.7. The summed E-state index contributed by atoms with van der Waals surface area (Å²) in [6.07, 6.45) is 0. The zero-order valence-electron chi connectivity index (χ0n) is 35.3. The first-order chi connectivity index (χ1) is 32.8. The molecule has 0 N–H and O–H groups in total. The van der Waals surface area contributed by atoms with Gasteiger partial charge in [-0.05, 0) is 97.1 Å². The maximum Gasteiger partial charge on any atom is 0.126 e. The van der Waals surface area contributed by atoms with Gasteiger partial charge in [-0.25, -0.2) is 0 Å². The maximum absolute atomic E-state index is 2.59. The average molecular weight is 881 g/mol. The molecule has 0 unspecified atom stereocenters. The Morgan fingerprint density at radius 1 is 0.242 bits per heavy atom. The van der Waals surface area contributed by atoms with Gasteiger partial charge in [0.2, 0.25) is 0 Å². The van der Waals surface area contributed by atoms with Crippen molar-refractivity contribution in [1.29, 1.82) is 0 Å². The fourth-order valence-corrected chi connectivity index (χ4v) is 13.3. The van der Waals surface area contributed by atoms with Crippen LogP contribution >= 0.6 is 22.7 Å². The van der Waals surface area contributed by atoms with Crippen LogP contribution in [0, 0.1) is 0 Å². The summed E-state index contributed by atoms with van der Waals surface area (Å²) in [5.41, 5.74) is 18.2. The van der Waals surface area contributed by atoms with Gasteiger partial charge in [0, 0.05) is 42.9 Å². The smallest absolute Gasteiger partial charge is 0.126 e. The van der Waals surface area contributed by atoms with Crippen LogP contribution in [0.25, 0.3) is 119 Å². The zero-order valence-corrected chi connectivity index (χ0v) is 36.9. The Balaban J connectivity index is 1.27. The van der Waals surface area contributed by atoms with Crippen LogP contribution in [-0.2, 0) is 0 Å². The lowest BCUT2D eigenvalue weighted by Gasteiger charge is -2.26. The molecular weight excluding hydrogens is 845 g/mol. The fraction of sp³-hybridized carbons (Fsp3) is 0. The Kier molecular flexibility index (Phi) is 7.44. The van der Waals surface area contributed by atoms with E-state index in [0.717, 1.165) is 77.9 Å². The summed E-state index contributed by atoms with van der Waals surface area (Å²) >= 11 is 3.73. The molecule has 0 saturated heterocycles. The minimum atomic E-state index is 1.10. The van der Waals surface area contributed by atoms with Crippen LogP contribution < -0.4 is 0 Å². The molecule has 8 heteroatoms. The highest BCUT2D eigenvalue weighted by molar-refractivity contribution is 7.26. The number of fused-ring (bicyclic) bond motifs is 12. The van der Waals surface area contributed by atoms with E-state index >= 15 is 0 Å². The Bertz CT molecular complexity index is 4500. The number of aromatic nitrogens is 6. The molecule has 0 fully saturated rings. The Labute approximate surface area is 384 Å². The SMILES string of the molecule is c1ccc(-n2c3cc4c(cc3n3c5sc6ccccc6c5n(-c5ccccc5)c5cccc2c53)n2c3c(cccc3n(-c3ccccc3)c3sc5ccccc5c32)n4-c2ccccc2)cc1. The van der Waals surface area contributed by atoms with Crippen molar-refractivity contribution < 1.29 is 0 Å². The van der Waals surface area contributed by atoms with Crippen molar-refractivity contribution in [3.05, 3.63) is 218 Å². The summed E-state index contributed by atoms with van der Waals surface area (Å²) in [5, 5.41) is 2.47. The predicted molar refractivity (Wildman–Crippen MR) is 279 cm³/mol. The van der Waals surface area contributed by atoms with Crippen LogP contribution in [0.1, 0.15) is 0 Å². The summed E-state index contributed by atoms with van der Waals surface area (Å²) in [4.78, 5) is 2.40. The summed E-state index contributed by atoms with van der Waals surface area (Å²) in [6.45, 7) is 0. The van der Waals surface area contributed by atoms with Gasteiger partial charge in [-0.2, -0.15) is 0 Å². The first-order valence-electron chi connectivity index (χ1n) is 22.3. The second-order valence-corrected chi connectivity index (χ2v) is 19.0. The molecule has 6 nitrogen and oxygen atoms in total. The van der Waals surface area contributed by atoms with Crippen molar-refractivity contribution in [1.82, 2.24) is 27.1 Å². The molecule has 15 rings (SSSR count). The van der Waals surface area contributed by atoms with E-state index in [1.54, 1.807) is 0 Å². The fourth-order valence-electron chi connectivity index (χ4n) is 10.8. The van der Waals surface area contributed by atoms with Crippen molar-refractivity contribution in [3.8, 4) is 22.7 Å². The normalized spacial score (nSPS) is 12.2. The van der Waals surface area contributed by atoms with Crippen molar-refractivity contribution in [2.45, 2.75) is 0 Å². The molecule has 0 spiro atoms. The highest BCUT2D eigenvalue weighted by atomic mass is 32.1. The molecule has 66 heavy (non-hydrogen) atoms. The molecule has 0 bridgehead atoms. The van der Waals surface area contributed by atoms with E-state index in [1.807, 2.05) is 22.7 Å². The molecule has 0 aliphatic carbocycles. The Morgan fingerprint density at radius 3 is 1.17 bits per heavy atom. The van der Waals surface area contributed by atoms with E-state index < -0.39 is 0 Å². The predicted octanol–water partition coefficient (Wildman–Crippen LogP) is 15.8. The molecule has 0 aliphatic rings. The molecule has 15 aromatic rings. The van der Waals surface area contributed by atoms with Crippen LogP contribution in [0.3, 0.4) is 0 Å². The van der Waals surface area contributed by atoms with Crippen LogP contribution in [0.2, 0.25) is 0 Å². The van der Waals surface area contributed by atoms with Gasteiger partial charge in [-0.3, -0.25) is 8.97 Å². The lowest BCUT2D eigenvalue weighted by molar-refractivity contribution is 1.09. The standard InChI is InChI=1S/C58H36N6S2/c1-5-19-37(20-6-1)59-43-29-18-32-46-55(43)63(54-42-28-14-16-34-52(42)65-57(54)62(46)40-25-11-4-12-26-40)49-36-50-48(35-47(49)59)60(38-21-7-2-8-22-38)44-30-17-31-45-56(44)64(50)58-53(41-27-13-15-33-51(41)66-58)61(45)39-23-9-3-10-24-39/h1-36H. The molecule has 0 amide bonds. The Hall–Kier alpha value is -8.30. The minimum absolute atomic E-state index is 1.10. The molecule has 310 valence electrons. The summed E-state index contributed by atoms with van der Waals surface area (Å²) in [6, 6.07) is 79.9. The third kappa shape index (κ3) is 4.83. The molecule has 0 aliphatic heterocycles. The van der Waals surface area contributed by atoms with Crippen LogP contribution in [0.5, 0.6) is 0 Å². The molecule has 9 aromatic carbocycles. The number of para-hydroxylation sites is 6.